The smallest absolute Gasteiger partial charge is 0.407 e. The Kier molecular flexibility index (Phi) is 11.8. The van der Waals surface area contributed by atoms with Gasteiger partial charge in [-0.05, 0) is 59.4 Å². The van der Waals surface area contributed by atoms with Crippen LogP contribution in [0.15, 0.2) is 23.3 Å². The van der Waals surface area contributed by atoms with Crippen molar-refractivity contribution in [2.75, 3.05) is 19.6 Å². The second-order valence-electron chi connectivity index (χ2n) is 8.04. The lowest BCUT2D eigenvalue weighted by Crippen LogP contribution is -2.42. The van der Waals surface area contributed by atoms with Crippen LogP contribution in [0.1, 0.15) is 58.9 Å². The third kappa shape index (κ3) is 10.3. The van der Waals surface area contributed by atoms with E-state index in [1.54, 1.807) is 6.20 Å². The summed E-state index contributed by atoms with van der Waals surface area (Å²) in [6.45, 7) is 9.69. The summed E-state index contributed by atoms with van der Waals surface area (Å²) < 4.78 is 11.3. The molecule has 0 unspecified atom stereocenters. The van der Waals surface area contributed by atoms with E-state index in [0.29, 0.717) is 31.5 Å². The lowest BCUT2D eigenvalue weighted by molar-refractivity contribution is 0.0529. The molecule has 1 aliphatic rings. The van der Waals surface area contributed by atoms with Crippen molar-refractivity contribution in [3.05, 3.63) is 23.9 Å². The Morgan fingerprint density at radius 2 is 1.90 bits per heavy atom. The molecule has 0 radical (unpaired) electrons. The zero-order valence-electron chi connectivity index (χ0n) is 18.5. The van der Waals surface area contributed by atoms with Gasteiger partial charge in [0.1, 0.15) is 11.7 Å². The standard InChI is InChI=1S/C21H35N5O3.HI/c1-5-22-19(24-13-14-25-20(27)29-21(2,3)4)26-15-16-9-8-12-23-18(16)28-17-10-6-7-11-17;/h8-9,12,17H,5-7,10-11,13-15H2,1-4H3,(H,25,27)(H2,22,24,26);1H. The molecule has 0 saturated heterocycles. The number of carbonyl (C=O) groups excluding carboxylic acids is 1. The van der Waals surface area contributed by atoms with Gasteiger partial charge in [0.25, 0.3) is 0 Å². The van der Waals surface area contributed by atoms with Gasteiger partial charge >= 0.3 is 6.09 Å². The molecule has 2 rings (SSSR count). The number of guanidine groups is 1. The number of ether oxygens (including phenoxy) is 2. The molecule has 30 heavy (non-hydrogen) atoms. The normalized spacial score (nSPS) is 14.6. The maximum atomic E-state index is 11.7. The average molecular weight is 533 g/mol. The number of hydrogen-bond donors (Lipinski definition) is 3. The molecule has 9 heteroatoms. The predicted molar refractivity (Wildman–Crippen MR) is 130 cm³/mol. The fraction of sp³-hybridized carbons (Fsp3) is 0.667. The first-order valence-electron chi connectivity index (χ1n) is 10.5. The minimum atomic E-state index is -0.504. The average Bonchev–Trinajstić information content (AvgIpc) is 3.16. The number of aromatic nitrogens is 1. The van der Waals surface area contributed by atoms with E-state index >= 15 is 0 Å². The van der Waals surface area contributed by atoms with Gasteiger partial charge in [0, 0.05) is 31.4 Å². The zero-order valence-corrected chi connectivity index (χ0v) is 20.8. The molecule has 0 spiro atoms. The van der Waals surface area contributed by atoms with Crippen LogP contribution in [0, 0.1) is 0 Å². The fourth-order valence-electron chi connectivity index (χ4n) is 2.98. The lowest BCUT2D eigenvalue weighted by atomic mass is 10.2. The van der Waals surface area contributed by atoms with Crippen LogP contribution in [0.4, 0.5) is 4.79 Å². The van der Waals surface area contributed by atoms with Crippen LogP contribution in [0.25, 0.3) is 0 Å². The van der Waals surface area contributed by atoms with E-state index in [1.165, 1.54) is 12.8 Å². The Morgan fingerprint density at radius 1 is 1.20 bits per heavy atom. The quantitative estimate of drug-likeness (QED) is 0.205. The van der Waals surface area contributed by atoms with Crippen molar-refractivity contribution in [1.82, 2.24) is 20.9 Å². The fourth-order valence-corrected chi connectivity index (χ4v) is 2.98. The number of rotatable bonds is 8. The highest BCUT2D eigenvalue weighted by atomic mass is 127. The van der Waals surface area contributed by atoms with Gasteiger partial charge in [-0.3, -0.25) is 0 Å². The second-order valence-corrected chi connectivity index (χ2v) is 8.04. The van der Waals surface area contributed by atoms with Crippen molar-refractivity contribution in [3.63, 3.8) is 0 Å². The monoisotopic (exact) mass is 533 g/mol. The highest BCUT2D eigenvalue weighted by Crippen LogP contribution is 2.25. The van der Waals surface area contributed by atoms with E-state index < -0.39 is 11.7 Å². The van der Waals surface area contributed by atoms with E-state index in [4.69, 9.17) is 9.47 Å². The highest BCUT2D eigenvalue weighted by molar-refractivity contribution is 14.0. The van der Waals surface area contributed by atoms with Gasteiger partial charge in [0.2, 0.25) is 5.88 Å². The summed E-state index contributed by atoms with van der Waals surface area (Å²) in [7, 11) is 0. The third-order valence-electron chi connectivity index (χ3n) is 4.27. The summed E-state index contributed by atoms with van der Waals surface area (Å²) in [5.41, 5.74) is 0.457. The van der Waals surface area contributed by atoms with Crippen LogP contribution >= 0.6 is 24.0 Å². The van der Waals surface area contributed by atoms with Gasteiger partial charge in [-0.15, -0.1) is 24.0 Å². The SMILES string of the molecule is CCNC(=NCc1cccnc1OC1CCCC1)NCCNC(=O)OC(C)(C)C.I. The number of aliphatic imine (C=N–C) groups is 1. The first kappa shape index (κ1) is 26.3. The molecule has 1 fully saturated rings. The number of amides is 1. The molecule has 1 saturated carbocycles. The van der Waals surface area contributed by atoms with E-state index in [1.807, 2.05) is 39.8 Å². The molecule has 1 heterocycles. The molecule has 1 aromatic heterocycles. The first-order valence-corrected chi connectivity index (χ1v) is 10.5. The van der Waals surface area contributed by atoms with E-state index in [-0.39, 0.29) is 30.1 Å². The molecule has 0 aromatic carbocycles. The van der Waals surface area contributed by atoms with Crippen LogP contribution < -0.4 is 20.7 Å². The maximum Gasteiger partial charge on any atom is 0.407 e. The van der Waals surface area contributed by atoms with Gasteiger partial charge in [-0.25, -0.2) is 14.8 Å². The summed E-state index contributed by atoms with van der Waals surface area (Å²) in [4.78, 5) is 20.7. The summed E-state index contributed by atoms with van der Waals surface area (Å²) in [6.07, 6.45) is 6.21. The van der Waals surface area contributed by atoms with Crippen LogP contribution in [0.3, 0.4) is 0 Å². The summed E-state index contributed by atoms with van der Waals surface area (Å²) in [6, 6.07) is 3.89. The van der Waals surface area contributed by atoms with Gasteiger partial charge < -0.3 is 25.4 Å². The molecule has 0 atom stereocenters. The second kappa shape index (κ2) is 13.5. The van der Waals surface area contributed by atoms with Crippen molar-refractivity contribution in [2.24, 2.45) is 4.99 Å². The topological polar surface area (TPSA) is 96.9 Å². The van der Waals surface area contributed by atoms with Gasteiger partial charge in [-0.2, -0.15) is 0 Å². The van der Waals surface area contributed by atoms with E-state index in [2.05, 4.69) is 25.9 Å². The molecule has 0 aliphatic heterocycles. The van der Waals surface area contributed by atoms with Gasteiger partial charge in [0.15, 0.2) is 5.96 Å². The number of hydrogen-bond acceptors (Lipinski definition) is 5. The zero-order chi connectivity index (χ0) is 21.1. The van der Waals surface area contributed by atoms with E-state index in [0.717, 1.165) is 24.9 Å². The predicted octanol–water partition coefficient (Wildman–Crippen LogP) is 3.60. The molecular weight excluding hydrogens is 497 g/mol. The Morgan fingerprint density at radius 3 is 2.57 bits per heavy atom. The minimum absolute atomic E-state index is 0. The molecule has 170 valence electrons. The van der Waals surface area contributed by atoms with Gasteiger partial charge in [-0.1, -0.05) is 6.07 Å². The Balaban J connectivity index is 0.00000450. The molecule has 1 aromatic rings. The highest BCUT2D eigenvalue weighted by Gasteiger charge is 2.18. The Labute approximate surface area is 197 Å². The molecule has 8 nitrogen and oxygen atoms in total. The van der Waals surface area contributed by atoms with E-state index in [9.17, 15) is 4.79 Å². The Bertz CT molecular complexity index is 673. The Hall–Kier alpha value is -1.78. The number of nitrogens with zero attached hydrogens (tertiary/aromatic N) is 2. The number of nitrogens with one attached hydrogen (secondary N) is 3. The summed E-state index contributed by atoms with van der Waals surface area (Å²) >= 11 is 0. The minimum Gasteiger partial charge on any atom is -0.474 e. The van der Waals surface area contributed by atoms with Crippen molar-refractivity contribution < 1.29 is 14.3 Å². The first-order chi connectivity index (χ1) is 13.9. The largest absolute Gasteiger partial charge is 0.474 e. The molecule has 3 N–H and O–H groups in total. The van der Waals surface area contributed by atoms with Crippen LogP contribution in [-0.2, 0) is 11.3 Å². The van der Waals surface area contributed by atoms with Crippen molar-refractivity contribution in [2.45, 2.75) is 71.6 Å². The number of pyridine rings is 1. The maximum absolute atomic E-state index is 11.7. The molecular formula is C21H36IN5O3. The molecule has 0 bridgehead atoms. The van der Waals surface area contributed by atoms with Gasteiger partial charge in [0.05, 0.1) is 6.54 Å². The van der Waals surface area contributed by atoms with Crippen LogP contribution in [-0.4, -0.2) is 48.4 Å². The van der Waals surface area contributed by atoms with Crippen LogP contribution in [0.5, 0.6) is 5.88 Å². The molecule has 1 amide bonds. The van der Waals surface area contributed by atoms with Crippen molar-refractivity contribution >= 4 is 36.0 Å². The van der Waals surface area contributed by atoms with Crippen molar-refractivity contribution in [3.8, 4) is 5.88 Å². The summed E-state index contributed by atoms with van der Waals surface area (Å²) in [5, 5.41) is 9.14. The van der Waals surface area contributed by atoms with Crippen molar-refractivity contribution in [1.29, 1.82) is 0 Å². The summed E-state index contributed by atoms with van der Waals surface area (Å²) in [5.74, 6) is 1.35. The number of carbonyl (C=O) groups is 1. The van der Waals surface area contributed by atoms with Crippen LogP contribution in [0.2, 0.25) is 0 Å². The lowest BCUT2D eigenvalue weighted by Gasteiger charge is -2.20. The number of alkyl carbamates (subject to hydrolysis) is 1. The third-order valence-corrected chi connectivity index (χ3v) is 4.27. The number of halogens is 1. The molecule has 1 aliphatic carbocycles.